The molecule has 0 radical (unpaired) electrons. The summed E-state index contributed by atoms with van der Waals surface area (Å²) in [7, 11) is 0. The molecule has 2 unspecified atom stereocenters. The van der Waals surface area contributed by atoms with Crippen LogP contribution in [0.2, 0.25) is 0 Å². The Balaban J connectivity index is 2.21. The minimum Gasteiger partial charge on any atom is -0.406 e. The van der Waals surface area contributed by atoms with Gasteiger partial charge in [-0.15, -0.1) is 13.2 Å². The Labute approximate surface area is 167 Å². The van der Waals surface area contributed by atoms with E-state index in [2.05, 4.69) is 4.74 Å². The first-order valence-electron chi connectivity index (χ1n) is 8.50. The van der Waals surface area contributed by atoms with Crippen LogP contribution in [-0.2, 0) is 10.2 Å². The molecule has 3 rings (SSSR count). The maximum absolute atomic E-state index is 13.9. The lowest BCUT2D eigenvalue weighted by Gasteiger charge is -2.38. The van der Waals surface area contributed by atoms with Crippen molar-refractivity contribution in [1.82, 2.24) is 0 Å². The minimum atomic E-state index is -4.89. The SMILES string of the molecule is NC(=O)C1C=CC=CC1(c1ccc(OC(F)(F)F)cc1)c1ccc(F)c([N+](=O)[O-])c1. The number of benzene rings is 2. The van der Waals surface area contributed by atoms with Crippen LogP contribution >= 0.6 is 0 Å². The fourth-order valence-corrected chi connectivity index (χ4v) is 3.52. The summed E-state index contributed by atoms with van der Waals surface area (Å²) < 4.78 is 55.1. The molecular weight excluding hydrogens is 408 g/mol. The number of rotatable bonds is 5. The quantitative estimate of drug-likeness (QED) is 0.445. The number of nitro groups is 1. The molecule has 0 bridgehead atoms. The van der Waals surface area contributed by atoms with E-state index in [1.54, 1.807) is 18.2 Å². The van der Waals surface area contributed by atoms with Crippen molar-refractivity contribution < 1.29 is 32.0 Å². The second-order valence-electron chi connectivity index (χ2n) is 6.49. The fourth-order valence-electron chi connectivity index (χ4n) is 3.52. The molecule has 0 saturated carbocycles. The van der Waals surface area contributed by atoms with Crippen LogP contribution in [0.5, 0.6) is 5.75 Å². The number of nitrogens with two attached hydrogens (primary N) is 1. The molecule has 2 atom stereocenters. The summed E-state index contributed by atoms with van der Waals surface area (Å²) in [5.41, 5.74) is 3.81. The summed E-state index contributed by atoms with van der Waals surface area (Å²) in [6, 6.07) is 7.81. The van der Waals surface area contributed by atoms with Crippen molar-refractivity contribution in [3.63, 3.8) is 0 Å². The van der Waals surface area contributed by atoms with Gasteiger partial charge in [0.15, 0.2) is 0 Å². The number of hydrogen-bond acceptors (Lipinski definition) is 4. The summed E-state index contributed by atoms with van der Waals surface area (Å²) >= 11 is 0. The second-order valence-corrected chi connectivity index (χ2v) is 6.49. The lowest BCUT2D eigenvalue weighted by molar-refractivity contribution is -0.387. The summed E-state index contributed by atoms with van der Waals surface area (Å²) in [4.78, 5) is 22.5. The number of halogens is 4. The van der Waals surface area contributed by atoms with Gasteiger partial charge < -0.3 is 10.5 Å². The summed E-state index contributed by atoms with van der Waals surface area (Å²) in [5, 5.41) is 11.2. The number of nitrogens with zero attached hydrogens (tertiary/aromatic N) is 1. The van der Waals surface area contributed by atoms with E-state index >= 15 is 0 Å². The molecule has 156 valence electrons. The monoisotopic (exact) mass is 422 g/mol. The first kappa shape index (κ1) is 21.0. The van der Waals surface area contributed by atoms with Gasteiger partial charge in [-0.3, -0.25) is 14.9 Å². The first-order chi connectivity index (χ1) is 14.0. The highest BCUT2D eigenvalue weighted by Gasteiger charge is 2.44. The van der Waals surface area contributed by atoms with Gasteiger partial charge in [0.05, 0.1) is 16.3 Å². The minimum absolute atomic E-state index is 0.171. The van der Waals surface area contributed by atoms with E-state index in [1.165, 1.54) is 24.3 Å². The molecule has 0 heterocycles. The van der Waals surface area contributed by atoms with Gasteiger partial charge in [0, 0.05) is 6.07 Å². The van der Waals surface area contributed by atoms with Crippen molar-refractivity contribution in [2.45, 2.75) is 11.8 Å². The van der Waals surface area contributed by atoms with Gasteiger partial charge in [0.25, 0.3) is 0 Å². The van der Waals surface area contributed by atoms with Crippen LogP contribution in [0.3, 0.4) is 0 Å². The molecule has 1 aliphatic rings. The van der Waals surface area contributed by atoms with Gasteiger partial charge >= 0.3 is 12.0 Å². The van der Waals surface area contributed by atoms with Gasteiger partial charge in [0.1, 0.15) is 5.75 Å². The number of allylic oxidation sites excluding steroid dienone is 3. The molecule has 0 aromatic heterocycles. The summed E-state index contributed by atoms with van der Waals surface area (Å²) in [6.07, 6.45) is 1.23. The van der Waals surface area contributed by atoms with E-state index in [0.29, 0.717) is 5.56 Å². The highest BCUT2D eigenvalue weighted by Crippen LogP contribution is 2.45. The van der Waals surface area contributed by atoms with Crippen molar-refractivity contribution in [2.75, 3.05) is 0 Å². The number of ether oxygens (including phenoxy) is 1. The van der Waals surface area contributed by atoms with E-state index in [4.69, 9.17) is 5.73 Å². The maximum Gasteiger partial charge on any atom is 0.573 e. The van der Waals surface area contributed by atoms with E-state index in [1.807, 2.05) is 0 Å². The van der Waals surface area contributed by atoms with Crippen molar-refractivity contribution in [1.29, 1.82) is 0 Å². The van der Waals surface area contributed by atoms with Gasteiger partial charge in [-0.1, -0.05) is 42.5 Å². The molecular formula is C20H14F4N2O4. The normalized spacial score (nSPS) is 20.7. The van der Waals surface area contributed by atoms with Crippen LogP contribution < -0.4 is 10.5 Å². The van der Waals surface area contributed by atoms with Gasteiger partial charge in [-0.05, 0) is 29.3 Å². The molecule has 1 aliphatic carbocycles. The molecule has 2 aromatic rings. The van der Waals surface area contributed by atoms with Crippen LogP contribution in [0, 0.1) is 21.8 Å². The van der Waals surface area contributed by atoms with Gasteiger partial charge in [-0.2, -0.15) is 4.39 Å². The smallest absolute Gasteiger partial charge is 0.406 e. The van der Waals surface area contributed by atoms with E-state index < -0.39 is 45.8 Å². The third kappa shape index (κ3) is 3.88. The number of nitro benzene ring substituents is 1. The van der Waals surface area contributed by atoms with Crippen LogP contribution in [0.15, 0.2) is 66.8 Å². The molecule has 30 heavy (non-hydrogen) atoms. The molecule has 0 fully saturated rings. The summed E-state index contributed by atoms with van der Waals surface area (Å²) in [6.45, 7) is 0. The zero-order valence-corrected chi connectivity index (χ0v) is 15.1. The third-order valence-electron chi connectivity index (χ3n) is 4.76. The van der Waals surface area contributed by atoms with E-state index in [9.17, 15) is 32.5 Å². The van der Waals surface area contributed by atoms with Crippen molar-refractivity contribution in [3.8, 4) is 5.75 Å². The van der Waals surface area contributed by atoms with Crippen LogP contribution in [0.4, 0.5) is 23.2 Å². The highest BCUT2D eigenvalue weighted by molar-refractivity contribution is 5.83. The zero-order valence-electron chi connectivity index (χ0n) is 15.1. The van der Waals surface area contributed by atoms with E-state index in [-0.39, 0.29) is 5.56 Å². The second kappa shape index (κ2) is 7.62. The average molecular weight is 422 g/mol. The predicted octanol–water partition coefficient (Wildman–Crippen LogP) is 4.15. The predicted molar refractivity (Wildman–Crippen MR) is 97.9 cm³/mol. The molecule has 2 aromatic carbocycles. The largest absolute Gasteiger partial charge is 0.573 e. The number of carbonyl (C=O) groups is 1. The fraction of sp³-hybridized carbons (Fsp3) is 0.150. The molecule has 1 amide bonds. The first-order valence-corrected chi connectivity index (χ1v) is 8.50. The Kier molecular flexibility index (Phi) is 5.34. The Morgan fingerprint density at radius 1 is 1.10 bits per heavy atom. The van der Waals surface area contributed by atoms with Crippen LogP contribution in [-0.4, -0.2) is 17.2 Å². The molecule has 6 nitrogen and oxygen atoms in total. The van der Waals surface area contributed by atoms with Crippen molar-refractivity contribution >= 4 is 11.6 Å². The molecule has 0 spiro atoms. The van der Waals surface area contributed by atoms with Crippen molar-refractivity contribution in [2.24, 2.45) is 11.7 Å². The number of amides is 1. The van der Waals surface area contributed by atoms with E-state index in [0.717, 1.165) is 24.3 Å². The van der Waals surface area contributed by atoms with Gasteiger partial charge in [-0.25, -0.2) is 0 Å². The standard InChI is InChI=1S/C20H14F4N2O4/c21-16-9-6-13(11-17(16)26(28)29)19(10-2-1-3-15(19)18(25)27)12-4-7-14(8-5-12)30-20(22,23)24/h1-11,15H,(H2,25,27). The Bertz CT molecular complexity index is 1050. The molecule has 2 N–H and O–H groups in total. The third-order valence-corrected chi connectivity index (χ3v) is 4.76. The number of primary amides is 1. The number of hydrogen-bond donors (Lipinski definition) is 1. The molecule has 0 aliphatic heterocycles. The maximum atomic E-state index is 13.9. The van der Waals surface area contributed by atoms with Crippen LogP contribution in [0.1, 0.15) is 11.1 Å². The Morgan fingerprint density at radius 2 is 1.73 bits per heavy atom. The van der Waals surface area contributed by atoms with Gasteiger partial charge in [0.2, 0.25) is 11.7 Å². The number of carbonyl (C=O) groups excluding carboxylic acids is 1. The Hall–Kier alpha value is -3.69. The molecule has 0 saturated heterocycles. The Morgan fingerprint density at radius 3 is 2.30 bits per heavy atom. The van der Waals surface area contributed by atoms with Crippen molar-refractivity contribution in [3.05, 3.63) is 93.8 Å². The lowest BCUT2D eigenvalue weighted by Crippen LogP contribution is -2.42. The average Bonchev–Trinajstić information content (AvgIpc) is 2.67. The summed E-state index contributed by atoms with van der Waals surface area (Å²) in [5.74, 6) is -3.38. The zero-order chi connectivity index (χ0) is 22.1. The molecule has 10 heteroatoms. The lowest BCUT2D eigenvalue weighted by atomic mass is 9.63. The highest BCUT2D eigenvalue weighted by atomic mass is 19.4. The number of alkyl halides is 3. The topological polar surface area (TPSA) is 95.5 Å². The van der Waals surface area contributed by atoms with Crippen LogP contribution in [0.25, 0.3) is 0 Å².